The van der Waals surface area contributed by atoms with Gasteiger partial charge in [0.05, 0.1) is 34.6 Å². The fourth-order valence-corrected chi connectivity index (χ4v) is 3.09. The van der Waals surface area contributed by atoms with Crippen molar-refractivity contribution in [3.05, 3.63) is 71.4 Å². The number of unbranched alkanes of at least 4 members (excludes halogenated alkanes) is 1. The van der Waals surface area contributed by atoms with E-state index in [9.17, 15) is 9.59 Å². The molecule has 3 rings (SSSR count). The highest BCUT2D eigenvalue weighted by atomic mass is 16.3. The molecule has 0 spiro atoms. The Morgan fingerprint density at radius 3 is 2.67 bits per heavy atom. The van der Waals surface area contributed by atoms with Gasteiger partial charge in [0.1, 0.15) is 5.76 Å². The van der Waals surface area contributed by atoms with Crippen molar-refractivity contribution in [2.75, 3.05) is 10.6 Å². The summed E-state index contributed by atoms with van der Waals surface area (Å²) in [6.07, 6.45) is 6.55. The van der Waals surface area contributed by atoms with Gasteiger partial charge >= 0.3 is 0 Å². The molecule has 2 amide bonds. The van der Waals surface area contributed by atoms with Gasteiger partial charge in [0.2, 0.25) is 5.91 Å². The number of hydrogen-bond acceptors (Lipinski definition) is 4. The van der Waals surface area contributed by atoms with Crippen molar-refractivity contribution in [1.82, 2.24) is 9.78 Å². The minimum absolute atomic E-state index is 0.304. The van der Waals surface area contributed by atoms with Crippen LogP contribution in [0, 0.1) is 13.8 Å². The minimum atomic E-state index is -0.355. The molecule has 2 N–H and O–H groups in total. The van der Waals surface area contributed by atoms with E-state index in [1.165, 1.54) is 12.3 Å². The number of nitrogens with one attached hydrogen (secondary N) is 2. The van der Waals surface area contributed by atoms with Crippen molar-refractivity contribution in [2.24, 2.45) is 0 Å². The molecule has 7 nitrogen and oxygen atoms in total. The topological polar surface area (TPSA) is 89.2 Å². The number of nitrogens with zero attached hydrogens (tertiary/aromatic N) is 2. The lowest BCUT2D eigenvalue weighted by molar-refractivity contribution is -0.111. The second kappa shape index (κ2) is 9.73. The summed E-state index contributed by atoms with van der Waals surface area (Å²) in [7, 11) is 0. The van der Waals surface area contributed by atoms with E-state index in [-0.39, 0.29) is 11.8 Å². The van der Waals surface area contributed by atoms with Gasteiger partial charge in [-0.25, -0.2) is 0 Å². The number of para-hydroxylation sites is 1. The third-order valence-corrected chi connectivity index (χ3v) is 4.72. The van der Waals surface area contributed by atoms with Crippen LogP contribution in [0.25, 0.3) is 6.08 Å². The highest BCUT2D eigenvalue weighted by molar-refractivity contribution is 6.12. The third kappa shape index (κ3) is 5.05. The molecular weight excluding hydrogens is 380 g/mol. The van der Waals surface area contributed by atoms with Gasteiger partial charge in [-0.15, -0.1) is 0 Å². The van der Waals surface area contributed by atoms with Crippen LogP contribution in [0.5, 0.6) is 0 Å². The summed E-state index contributed by atoms with van der Waals surface area (Å²) in [6.45, 7) is 6.76. The van der Waals surface area contributed by atoms with Gasteiger partial charge in [0.15, 0.2) is 0 Å². The molecular formula is C23H26N4O3. The molecule has 30 heavy (non-hydrogen) atoms. The van der Waals surface area contributed by atoms with E-state index in [0.717, 1.165) is 30.8 Å². The lowest BCUT2D eigenvalue weighted by atomic mass is 10.1. The number of furan rings is 1. The molecule has 2 aromatic heterocycles. The summed E-state index contributed by atoms with van der Waals surface area (Å²) >= 11 is 0. The monoisotopic (exact) mass is 406 g/mol. The van der Waals surface area contributed by atoms with Crippen LogP contribution in [0.15, 0.2) is 53.2 Å². The van der Waals surface area contributed by atoms with Gasteiger partial charge in [-0.1, -0.05) is 25.5 Å². The summed E-state index contributed by atoms with van der Waals surface area (Å²) in [5.74, 6) is -0.0873. The van der Waals surface area contributed by atoms with Crippen LogP contribution in [0.1, 0.15) is 47.3 Å². The van der Waals surface area contributed by atoms with Crippen LogP contribution in [-0.2, 0) is 11.3 Å². The second-order valence-electron chi connectivity index (χ2n) is 6.96. The van der Waals surface area contributed by atoms with E-state index in [1.54, 1.807) is 42.5 Å². The van der Waals surface area contributed by atoms with E-state index in [2.05, 4.69) is 22.7 Å². The van der Waals surface area contributed by atoms with Crippen LogP contribution in [0.4, 0.5) is 11.4 Å². The van der Waals surface area contributed by atoms with Crippen molar-refractivity contribution in [1.29, 1.82) is 0 Å². The summed E-state index contributed by atoms with van der Waals surface area (Å²) in [4.78, 5) is 25.2. The van der Waals surface area contributed by atoms with Crippen LogP contribution in [-0.4, -0.2) is 21.6 Å². The highest BCUT2D eigenvalue weighted by Crippen LogP contribution is 2.23. The Hall–Kier alpha value is -3.61. The Kier molecular flexibility index (Phi) is 6.85. The maximum Gasteiger partial charge on any atom is 0.257 e. The molecule has 7 heteroatoms. The molecule has 0 fully saturated rings. The highest BCUT2D eigenvalue weighted by Gasteiger charge is 2.17. The first-order valence-electron chi connectivity index (χ1n) is 9.96. The first kappa shape index (κ1) is 21.1. The smallest absolute Gasteiger partial charge is 0.257 e. The van der Waals surface area contributed by atoms with Crippen LogP contribution >= 0.6 is 0 Å². The molecule has 0 saturated carbocycles. The zero-order chi connectivity index (χ0) is 21.5. The molecule has 0 unspecified atom stereocenters. The summed E-state index contributed by atoms with van der Waals surface area (Å²) in [5, 5.41) is 10.2. The van der Waals surface area contributed by atoms with E-state index in [0.29, 0.717) is 22.7 Å². The lowest BCUT2D eigenvalue weighted by Gasteiger charge is -2.11. The van der Waals surface area contributed by atoms with Crippen molar-refractivity contribution >= 4 is 29.3 Å². The summed E-state index contributed by atoms with van der Waals surface area (Å²) < 4.78 is 7.09. The maximum absolute atomic E-state index is 13.0. The zero-order valence-corrected chi connectivity index (χ0v) is 17.4. The molecule has 2 heterocycles. The molecule has 0 aliphatic carbocycles. The minimum Gasteiger partial charge on any atom is -0.465 e. The molecule has 3 aromatic rings. The predicted octanol–water partition coefficient (Wildman–Crippen LogP) is 4.80. The molecule has 1 aromatic carbocycles. The predicted molar refractivity (Wildman–Crippen MR) is 117 cm³/mol. The molecule has 0 radical (unpaired) electrons. The van der Waals surface area contributed by atoms with Gasteiger partial charge in [-0.2, -0.15) is 5.10 Å². The second-order valence-corrected chi connectivity index (χ2v) is 6.96. The standard InChI is InChI=1S/C23H26N4O3/c1-4-5-14-27-17(3)22(16(2)26-27)25-23(29)19-10-6-7-11-20(19)24-21(28)13-12-18-9-8-15-30-18/h6-13,15H,4-5,14H2,1-3H3,(H,24,28)(H,25,29)/b13-12+. The fraction of sp³-hybridized carbons (Fsp3) is 0.261. The Bertz CT molecular complexity index is 1050. The number of carbonyl (C=O) groups excluding carboxylic acids is 2. The van der Waals surface area contributed by atoms with Gasteiger partial charge in [0, 0.05) is 12.6 Å². The van der Waals surface area contributed by atoms with E-state index >= 15 is 0 Å². The van der Waals surface area contributed by atoms with E-state index < -0.39 is 0 Å². The maximum atomic E-state index is 13.0. The Morgan fingerprint density at radius 1 is 1.13 bits per heavy atom. The van der Waals surface area contributed by atoms with Gasteiger partial charge in [-0.3, -0.25) is 14.3 Å². The lowest BCUT2D eigenvalue weighted by Crippen LogP contribution is -2.17. The third-order valence-electron chi connectivity index (χ3n) is 4.72. The molecule has 0 aliphatic heterocycles. The number of hydrogen-bond donors (Lipinski definition) is 2. The van der Waals surface area contributed by atoms with E-state index in [4.69, 9.17) is 4.42 Å². The molecule has 0 bridgehead atoms. The number of rotatable bonds is 8. The number of aromatic nitrogens is 2. The Labute approximate surface area is 175 Å². The zero-order valence-electron chi connectivity index (χ0n) is 17.4. The number of carbonyl (C=O) groups is 2. The van der Waals surface area contributed by atoms with Gasteiger partial charge < -0.3 is 15.1 Å². The van der Waals surface area contributed by atoms with Crippen LogP contribution in [0.2, 0.25) is 0 Å². The quantitative estimate of drug-likeness (QED) is 0.526. The van der Waals surface area contributed by atoms with Gasteiger partial charge in [0.25, 0.3) is 5.91 Å². The average molecular weight is 406 g/mol. The fourth-order valence-electron chi connectivity index (χ4n) is 3.09. The Balaban J connectivity index is 1.74. The van der Waals surface area contributed by atoms with Gasteiger partial charge in [-0.05, 0) is 50.6 Å². The number of anilines is 2. The number of amides is 2. The first-order valence-corrected chi connectivity index (χ1v) is 9.96. The first-order chi connectivity index (χ1) is 14.5. The number of benzene rings is 1. The SMILES string of the molecule is CCCCn1nc(C)c(NC(=O)c2ccccc2NC(=O)/C=C/c2ccco2)c1C. The normalized spacial score (nSPS) is 11.0. The van der Waals surface area contributed by atoms with Crippen molar-refractivity contribution in [3.8, 4) is 0 Å². The largest absolute Gasteiger partial charge is 0.465 e. The van der Waals surface area contributed by atoms with Crippen LogP contribution in [0.3, 0.4) is 0 Å². The number of aryl methyl sites for hydroxylation is 2. The molecule has 0 aliphatic rings. The molecule has 156 valence electrons. The average Bonchev–Trinajstić information content (AvgIpc) is 3.35. The summed E-state index contributed by atoms with van der Waals surface area (Å²) in [6, 6.07) is 10.4. The Morgan fingerprint density at radius 2 is 1.93 bits per heavy atom. The van der Waals surface area contributed by atoms with Crippen molar-refractivity contribution in [2.45, 2.75) is 40.2 Å². The molecule has 0 saturated heterocycles. The van der Waals surface area contributed by atoms with Crippen molar-refractivity contribution in [3.63, 3.8) is 0 Å². The van der Waals surface area contributed by atoms with Crippen LogP contribution < -0.4 is 10.6 Å². The van der Waals surface area contributed by atoms with Crippen molar-refractivity contribution < 1.29 is 14.0 Å². The summed E-state index contributed by atoms with van der Waals surface area (Å²) in [5.41, 5.74) is 3.18. The molecule has 0 atom stereocenters. The van der Waals surface area contributed by atoms with E-state index in [1.807, 2.05) is 18.5 Å².